The molecule has 0 saturated carbocycles. The van der Waals surface area contributed by atoms with E-state index in [1.54, 1.807) is 25.1 Å². The maximum absolute atomic E-state index is 13.1. The zero-order chi connectivity index (χ0) is 21.1. The number of nitrogens with zero attached hydrogens (tertiary/aromatic N) is 2. The summed E-state index contributed by atoms with van der Waals surface area (Å²) in [4.78, 5) is 36.2. The number of carboxylic acid groups (broad SMARTS) is 1. The molecule has 9 heteroatoms. The molecule has 9 nitrogen and oxygen atoms in total. The van der Waals surface area contributed by atoms with E-state index < -0.39 is 35.3 Å². The number of ether oxygens (including phenoxy) is 1. The van der Waals surface area contributed by atoms with E-state index in [0.29, 0.717) is 29.8 Å². The average Bonchev–Trinajstić information content (AvgIpc) is 2.70. The number of benzene rings is 1. The standard InChI is InChI=1S/C20H19N3O6/c1-11-6-12(2-3-13(11)7-21)9-23-15-4-5-29-10-14(15)18(26)17(20(23)28)19(27)22-8-16(24)25/h2-3,6,26H,4-5,8-10H2,1H3,(H,22,27)(H,24,25). The van der Waals surface area contributed by atoms with Gasteiger partial charge in [0.05, 0.1) is 31.4 Å². The van der Waals surface area contributed by atoms with Crippen molar-refractivity contribution in [1.29, 1.82) is 5.26 Å². The van der Waals surface area contributed by atoms with Gasteiger partial charge in [0.25, 0.3) is 11.5 Å². The Bertz CT molecular complexity index is 1100. The van der Waals surface area contributed by atoms with Crippen LogP contribution in [0.5, 0.6) is 5.75 Å². The number of aryl methyl sites for hydroxylation is 1. The summed E-state index contributed by atoms with van der Waals surface area (Å²) < 4.78 is 6.76. The van der Waals surface area contributed by atoms with E-state index in [-0.39, 0.29) is 13.2 Å². The van der Waals surface area contributed by atoms with E-state index in [4.69, 9.17) is 15.1 Å². The summed E-state index contributed by atoms with van der Waals surface area (Å²) >= 11 is 0. The smallest absolute Gasteiger partial charge is 0.322 e. The topological polar surface area (TPSA) is 142 Å². The SMILES string of the molecule is Cc1cc(Cn2c3c(c(O)c(C(=O)NCC(=O)O)c2=O)COCC3)ccc1C#N. The van der Waals surface area contributed by atoms with E-state index in [2.05, 4.69) is 11.4 Å². The highest BCUT2D eigenvalue weighted by Gasteiger charge is 2.27. The predicted octanol–water partition coefficient (Wildman–Crippen LogP) is 0.669. The van der Waals surface area contributed by atoms with Gasteiger partial charge < -0.3 is 24.8 Å². The minimum absolute atomic E-state index is 0.0348. The second-order valence-corrected chi connectivity index (χ2v) is 6.68. The molecule has 1 amide bonds. The monoisotopic (exact) mass is 397 g/mol. The number of carbonyl (C=O) groups is 2. The fourth-order valence-corrected chi connectivity index (χ4v) is 3.34. The molecule has 2 heterocycles. The average molecular weight is 397 g/mol. The Labute approximate surface area is 165 Å². The number of pyridine rings is 1. The minimum Gasteiger partial charge on any atom is -0.506 e. The number of nitriles is 1. The van der Waals surface area contributed by atoms with E-state index in [9.17, 15) is 19.5 Å². The molecule has 0 radical (unpaired) electrons. The van der Waals surface area contributed by atoms with Crippen molar-refractivity contribution in [2.75, 3.05) is 13.2 Å². The quantitative estimate of drug-likeness (QED) is 0.673. The predicted molar refractivity (Wildman–Crippen MR) is 101 cm³/mol. The Morgan fingerprint density at radius 2 is 2.14 bits per heavy atom. The summed E-state index contributed by atoms with van der Waals surface area (Å²) in [6, 6.07) is 7.25. The molecule has 3 rings (SSSR count). The van der Waals surface area contributed by atoms with Crippen molar-refractivity contribution in [3.63, 3.8) is 0 Å². The van der Waals surface area contributed by atoms with Gasteiger partial charge in [-0.1, -0.05) is 12.1 Å². The van der Waals surface area contributed by atoms with Crippen LogP contribution in [0.2, 0.25) is 0 Å². The van der Waals surface area contributed by atoms with E-state index in [1.165, 1.54) is 4.57 Å². The summed E-state index contributed by atoms with van der Waals surface area (Å²) in [5.74, 6) is -2.72. The van der Waals surface area contributed by atoms with Crippen molar-refractivity contribution in [3.8, 4) is 11.8 Å². The van der Waals surface area contributed by atoms with Crippen LogP contribution in [0.3, 0.4) is 0 Å². The molecule has 3 N–H and O–H groups in total. The van der Waals surface area contributed by atoms with Crippen LogP contribution in [0.25, 0.3) is 0 Å². The molecule has 0 aliphatic carbocycles. The van der Waals surface area contributed by atoms with E-state index in [1.807, 2.05) is 0 Å². The molecule has 2 aromatic rings. The van der Waals surface area contributed by atoms with Crippen LogP contribution in [-0.2, 0) is 29.1 Å². The molecule has 1 aromatic carbocycles. The molecule has 1 aliphatic rings. The molecule has 1 aromatic heterocycles. The lowest BCUT2D eigenvalue weighted by Gasteiger charge is -2.24. The van der Waals surface area contributed by atoms with Gasteiger partial charge in [-0.15, -0.1) is 0 Å². The van der Waals surface area contributed by atoms with Gasteiger partial charge in [-0.3, -0.25) is 14.4 Å². The molecular formula is C20H19N3O6. The number of carbonyl (C=O) groups excluding carboxylic acids is 1. The third-order valence-corrected chi connectivity index (χ3v) is 4.76. The number of amides is 1. The van der Waals surface area contributed by atoms with Crippen LogP contribution in [0.4, 0.5) is 0 Å². The first-order valence-electron chi connectivity index (χ1n) is 8.88. The molecule has 0 spiro atoms. The fourth-order valence-electron chi connectivity index (χ4n) is 3.34. The summed E-state index contributed by atoms with van der Waals surface area (Å²) in [6.45, 7) is 1.64. The normalized spacial score (nSPS) is 12.7. The first kappa shape index (κ1) is 20.1. The van der Waals surface area contributed by atoms with E-state index in [0.717, 1.165) is 11.1 Å². The number of hydrogen-bond donors (Lipinski definition) is 3. The summed E-state index contributed by atoms with van der Waals surface area (Å²) in [7, 11) is 0. The second kappa shape index (κ2) is 8.16. The molecule has 29 heavy (non-hydrogen) atoms. The number of aliphatic carboxylic acids is 1. The van der Waals surface area contributed by atoms with Gasteiger partial charge in [-0.05, 0) is 24.1 Å². The lowest BCUT2D eigenvalue weighted by molar-refractivity contribution is -0.135. The van der Waals surface area contributed by atoms with Crippen molar-refractivity contribution >= 4 is 11.9 Å². The third-order valence-electron chi connectivity index (χ3n) is 4.76. The molecule has 0 saturated heterocycles. The van der Waals surface area contributed by atoms with E-state index >= 15 is 0 Å². The molecule has 1 aliphatic heterocycles. The molecule has 0 unspecified atom stereocenters. The number of carboxylic acids is 1. The lowest BCUT2D eigenvalue weighted by atomic mass is 10.0. The summed E-state index contributed by atoms with van der Waals surface area (Å²) in [6.07, 6.45) is 0.379. The Morgan fingerprint density at radius 3 is 2.79 bits per heavy atom. The zero-order valence-corrected chi connectivity index (χ0v) is 15.7. The van der Waals surface area contributed by atoms with Crippen LogP contribution in [-0.4, -0.2) is 39.8 Å². The maximum atomic E-state index is 13.1. The van der Waals surface area contributed by atoms with Gasteiger partial charge in [0.15, 0.2) is 0 Å². The highest BCUT2D eigenvalue weighted by atomic mass is 16.5. The highest BCUT2D eigenvalue weighted by molar-refractivity contribution is 5.98. The van der Waals surface area contributed by atoms with Crippen molar-refractivity contribution in [3.05, 3.63) is 62.1 Å². The number of nitrogens with one attached hydrogen (secondary N) is 1. The van der Waals surface area contributed by atoms with Gasteiger partial charge >= 0.3 is 5.97 Å². The number of hydrogen-bond acceptors (Lipinski definition) is 6. The Morgan fingerprint density at radius 1 is 1.38 bits per heavy atom. The highest BCUT2D eigenvalue weighted by Crippen LogP contribution is 2.28. The number of aromatic nitrogens is 1. The molecule has 150 valence electrons. The number of fused-ring (bicyclic) bond motifs is 1. The first-order valence-corrected chi connectivity index (χ1v) is 8.88. The van der Waals surface area contributed by atoms with Crippen LogP contribution < -0.4 is 10.9 Å². The van der Waals surface area contributed by atoms with Crippen molar-refractivity contribution in [2.24, 2.45) is 0 Å². The molecular weight excluding hydrogens is 378 g/mol. The van der Waals surface area contributed by atoms with Crippen LogP contribution in [0, 0.1) is 18.3 Å². The van der Waals surface area contributed by atoms with Gasteiger partial charge in [0.1, 0.15) is 17.9 Å². The van der Waals surface area contributed by atoms with Crippen molar-refractivity contribution in [2.45, 2.75) is 26.5 Å². The Hall–Kier alpha value is -3.64. The second-order valence-electron chi connectivity index (χ2n) is 6.68. The van der Waals surface area contributed by atoms with Gasteiger partial charge in [0, 0.05) is 17.7 Å². The summed E-state index contributed by atoms with van der Waals surface area (Å²) in [5.41, 5.74) is 1.70. The van der Waals surface area contributed by atoms with Crippen LogP contribution >= 0.6 is 0 Å². The largest absolute Gasteiger partial charge is 0.506 e. The lowest BCUT2D eigenvalue weighted by Crippen LogP contribution is -2.38. The summed E-state index contributed by atoms with van der Waals surface area (Å²) in [5, 5.41) is 30.5. The van der Waals surface area contributed by atoms with Crippen molar-refractivity contribution < 1.29 is 24.5 Å². The number of aromatic hydroxyl groups is 1. The van der Waals surface area contributed by atoms with Gasteiger partial charge in [-0.25, -0.2) is 0 Å². The fraction of sp³-hybridized carbons (Fsp3) is 0.300. The zero-order valence-electron chi connectivity index (χ0n) is 15.7. The first-order chi connectivity index (χ1) is 13.8. The van der Waals surface area contributed by atoms with Crippen molar-refractivity contribution in [1.82, 2.24) is 9.88 Å². The molecule has 0 bridgehead atoms. The van der Waals surface area contributed by atoms with Crippen LogP contribution in [0.1, 0.15) is 38.3 Å². The molecule has 0 fully saturated rings. The Kier molecular flexibility index (Phi) is 5.66. The maximum Gasteiger partial charge on any atom is 0.322 e. The Balaban J connectivity index is 2.10. The van der Waals surface area contributed by atoms with Gasteiger partial charge in [0.2, 0.25) is 0 Å². The number of rotatable bonds is 5. The van der Waals surface area contributed by atoms with Crippen LogP contribution in [0.15, 0.2) is 23.0 Å². The third kappa shape index (κ3) is 3.97. The minimum atomic E-state index is -1.27. The van der Waals surface area contributed by atoms with Gasteiger partial charge in [-0.2, -0.15) is 5.26 Å². The molecule has 0 atom stereocenters.